The molecule has 0 radical (unpaired) electrons. The molecule has 21 heavy (non-hydrogen) atoms. The fourth-order valence-electron chi connectivity index (χ4n) is 2.26. The van der Waals surface area contributed by atoms with Gasteiger partial charge in [-0.2, -0.15) is 5.10 Å². The van der Waals surface area contributed by atoms with Gasteiger partial charge in [0.15, 0.2) is 0 Å². The molecule has 0 saturated heterocycles. The van der Waals surface area contributed by atoms with Gasteiger partial charge in [-0.1, -0.05) is 6.07 Å². The number of nitrogens with one attached hydrogen (secondary N) is 1. The Kier molecular flexibility index (Phi) is 3.79. The lowest BCUT2D eigenvalue weighted by Crippen LogP contribution is -2.27. The molecule has 3 aromatic heterocycles. The van der Waals surface area contributed by atoms with E-state index in [0.717, 1.165) is 24.3 Å². The molecule has 0 aliphatic carbocycles. The maximum atomic E-state index is 12.3. The van der Waals surface area contributed by atoms with Crippen molar-refractivity contribution < 1.29 is 0 Å². The Bertz CT molecular complexity index is 791. The summed E-state index contributed by atoms with van der Waals surface area (Å²) in [6.45, 7) is 3.97. The highest BCUT2D eigenvalue weighted by Gasteiger charge is 2.04. The van der Waals surface area contributed by atoms with Crippen LogP contribution in [0, 0.1) is 6.92 Å². The Hall–Kier alpha value is -2.47. The molecule has 3 heterocycles. The van der Waals surface area contributed by atoms with Crippen LogP contribution in [0.4, 0.5) is 0 Å². The van der Waals surface area contributed by atoms with Gasteiger partial charge in [-0.15, -0.1) is 0 Å². The van der Waals surface area contributed by atoms with Crippen LogP contribution in [-0.4, -0.2) is 25.7 Å². The molecule has 0 aliphatic heterocycles. The van der Waals surface area contributed by atoms with Gasteiger partial charge in [0.25, 0.3) is 5.56 Å². The molecule has 6 nitrogen and oxygen atoms in total. The molecule has 0 amide bonds. The predicted octanol–water partition coefficient (Wildman–Crippen LogP) is 0.989. The van der Waals surface area contributed by atoms with E-state index in [1.807, 2.05) is 37.5 Å². The first-order valence-electron chi connectivity index (χ1n) is 6.89. The van der Waals surface area contributed by atoms with Gasteiger partial charge in [0.05, 0.1) is 5.69 Å². The number of aryl methyl sites for hydroxylation is 1. The molecule has 108 valence electrons. The van der Waals surface area contributed by atoms with Crippen LogP contribution in [0.15, 0.2) is 47.8 Å². The summed E-state index contributed by atoms with van der Waals surface area (Å²) in [6, 6.07) is 5.74. The molecule has 3 aromatic rings. The van der Waals surface area contributed by atoms with Crippen molar-refractivity contribution in [1.82, 2.24) is 24.5 Å². The smallest absolute Gasteiger partial charge is 0.276 e. The van der Waals surface area contributed by atoms with Crippen molar-refractivity contribution in [2.75, 3.05) is 6.54 Å². The molecule has 0 saturated carbocycles. The normalized spacial score (nSPS) is 11.1. The van der Waals surface area contributed by atoms with Crippen molar-refractivity contribution in [3.63, 3.8) is 0 Å². The minimum absolute atomic E-state index is 0.0127. The first-order valence-corrected chi connectivity index (χ1v) is 6.89. The monoisotopic (exact) mass is 283 g/mol. The second-order valence-corrected chi connectivity index (χ2v) is 4.95. The number of hydrogen-bond donors (Lipinski definition) is 1. The maximum Gasteiger partial charge on any atom is 0.276 e. The summed E-state index contributed by atoms with van der Waals surface area (Å²) >= 11 is 0. The average Bonchev–Trinajstić information content (AvgIpc) is 2.88. The minimum Gasteiger partial charge on any atom is -0.311 e. The van der Waals surface area contributed by atoms with Crippen molar-refractivity contribution in [2.45, 2.75) is 20.0 Å². The summed E-state index contributed by atoms with van der Waals surface area (Å²) in [4.78, 5) is 16.3. The van der Waals surface area contributed by atoms with Crippen LogP contribution in [-0.2, 0) is 13.1 Å². The quantitative estimate of drug-likeness (QED) is 0.709. The Morgan fingerprint density at radius 2 is 2.24 bits per heavy atom. The molecular formula is C15H17N5O. The molecular weight excluding hydrogens is 266 g/mol. The molecule has 0 aromatic carbocycles. The lowest BCUT2D eigenvalue weighted by molar-refractivity contribution is 0.582. The van der Waals surface area contributed by atoms with E-state index in [4.69, 9.17) is 0 Å². The lowest BCUT2D eigenvalue weighted by Gasteiger charge is -2.07. The van der Waals surface area contributed by atoms with Gasteiger partial charge < -0.3 is 9.88 Å². The van der Waals surface area contributed by atoms with Crippen LogP contribution in [0.25, 0.3) is 5.52 Å². The zero-order valence-electron chi connectivity index (χ0n) is 11.9. The van der Waals surface area contributed by atoms with E-state index in [2.05, 4.69) is 15.4 Å². The van der Waals surface area contributed by atoms with Crippen molar-refractivity contribution in [2.24, 2.45) is 0 Å². The standard InChI is InChI=1S/C15H17N5O/c1-12-9-14-15(21)19(7-8-20(14)18-12)6-5-17-11-13-3-2-4-16-10-13/h2-4,7-10,17H,5-6,11H2,1H3. The predicted molar refractivity (Wildman–Crippen MR) is 80.1 cm³/mol. The number of nitrogens with zero attached hydrogens (tertiary/aromatic N) is 4. The van der Waals surface area contributed by atoms with Crippen LogP contribution >= 0.6 is 0 Å². The highest BCUT2D eigenvalue weighted by molar-refractivity contribution is 5.44. The third-order valence-electron chi connectivity index (χ3n) is 3.31. The Labute approximate surface area is 122 Å². The molecule has 3 rings (SSSR count). The largest absolute Gasteiger partial charge is 0.311 e. The van der Waals surface area contributed by atoms with E-state index in [-0.39, 0.29) is 5.56 Å². The number of rotatable bonds is 5. The molecule has 1 N–H and O–H groups in total. The molecule has 0 aliphatic rings. The van der Waals surface area contributed by atoms with Crippen LogP contribution in [0.2, 0.25) is 0 Å². The summed E-state index contributed by atoms with van der Waals surface area (Å²) in [5, 5.41) is 7.54. The topological polar surface area (TPSA) is 64.2 Å². The van der Waals surface area contributed by atoms with Crippen molar-refractivity contribution in [3.05, 3.63) is 64.6 Å². The van der Waals surface area contributed by atoms with E-state index >= 15 is 0 Å². The molecule has 0 atom stereocenters. The van der Waals surface area contributed by atoms with Crippen molar-refractivity contribution in [3.8, 4) is 0 Å². The average molecular weight is 283 g/mol. The van der Waals surface area contributed by atoms with E-state index in [0.29, 0.717) is 12.1 Å². The summed E-state index contributed by atoms with van der Waals surface area (Å²) in [7, 11) is 0. The van der Waals surface area contributed by atoms with E-state index < -0.39 is 0 Å². The second-order valence-electron chi connectivity index (χ2n) is 4.95. The van der Waals surface area contributed by atoms with Crippen molar-refractivity contribution in [1.29, 1.82) is 0 Å². The molecule has 0 unspecified atom stereocenters. The summed E-state index contributed by atoms with van der Waals surface area (Å²) in [5.74, 6) is 0. The summed E-state index contributed by atoms with van der Waals surface area (Å²) in [6.07, 6.45) is 7.17. The van der Waals surface area contributed by atoms with Gasteiger partial charge >= 0.3 is 0 Å². The van der Waals surface area contributed by atoms with Gasteiger partial charge in [-0.3, -0.25) is 9.78 Å². The van der Waals surface area contributed by atoms with Gasteiger partial charge in [0.2, 0.25) is 0 Å². The SMILES string of the molecule is Cc1cc2c(=O)n(CCNCc3cccnc3)ccn2n1. The highest BCUT2D eigenvalue weighted by Crippen LogP contribution is 1.99. The van der Waals surface area contributed by atoms with Crippen LogP contribution in [0.3, 0.4) is 0 Å². The van der Waals surface area contributed by atoms with Gasteiger partial charge in [-0.05, 0) is 24.6 Å². The molecule has 0 bridgehead atoms. The van der Waals surface area contributed by atoms with E-state index in [1.54, 1.807) is 21.5 Å². The zero-order valence-corrected chi connectivity index (χ0v) is 11.9. The molecule has 0 fully saturated rings. The van der Waals surface area contributed by atoms with E-state index in [1.165, 1.54) is 0 Å². The zero-order chi connectivity index (χ0) is 14.7. The van der Waals surface area contributed by atoms with Gasteiger partial charge in [-0.25, -0.2) is 4.52 Å². The maximum absolute atomic E-state index is 12.3. The lowest BCUT2D eigenvalue weighted by atomic mass is 10.3. The van der Waals surface area contributed by atoms with Crippen molar-refractivity contribution >= 4 is 5.52 Å². The second kappa shape index (κ2) is 5.88. The highest BCUT2D eigenvalue weighted by atomic mass is 16.1. The van der Waals surface area contributed by atoms with Crippen LogP contribution in [0.5, 0.6) is 0 Å². The number of fused-ring (bicyclic) bond motifs is 1. The molecule has 6 heteroatoms. The van der Waals surface area contributed by atoms with E-state index in [9.17, 15) is 4.79 Å². The Balaban J connectivity index is 1.63. The van der Waals surface area contributed by atoms with Gasteiger partial charge in [0.1, 0.15) is 5.52 Å². The first-order chi connectivity index (χ1) is 10.2. The third-order valence-corrected chi connectivity index (χ3v) is 3.31. The minimum atomic E-state index is -0.0127. The Morgan fingerprint density at radius 3 is 3.05 bits per heavy atom. The number of aromatic nitrogens is 4. The fourth-order valence-corrected chi connectivity index (χ4v) is 2.26. The van der Waals surface area contributed by atoms with Crippen LogP contribution in [0.1, 0.15) is 11.3 Å². The fraction of sp³-hybridized carbons (Fsp3) is 0.267. The Morgan fingerprint density at radius 1 is 1.33 bits per heavy atom. The van der Waals surface area contributed by atoms with Crippen LogP contribution < -0.4 is 10.9 Å². The first kappa shape index (κ1) is 13.5. The molecule has 0 spiro atoms. The summed E-state index contributed by atoms with van der Waals surface area (Å²) in [5.41, 5.74) is 2.58. The third kappa shape index (κ3) is 3.00. The van der Waals surface area contributed by atoms with Gasteiger partial charge in [0, 0.05) is 44.4 Å². The summed E-state index contributed by atoms with van der Waals surface area (Å²) < 4.78 is 3.32. The number of hydrogen-bond acceptors (Lipinski definition) is 4. The number of pyridine rings is 1.